The average Bonchev–Trinajstić information content (AvgIpc) is 2.48. The smallest absolute Gasteiger partial charge is 0.336 e. The molecule has 0 unspecified atom stereocenters. The van der Waals surface area contributed by atoms with Gasteiger partial charge >= 0.3 is 5.97 Å². The van der Waals surface area contributed by atoms with Crippen molar-refractivity contribution in [3.05, 3.63) is 59.2 Å². The van der Waals surface area contributed by atoms with Gasteiger partial charge in [0.2, 0.25) is 0 Å². The van der Waals surface area contributed by atoms with Crippen LogP contribution in [-0.4, -0.2) is 25.0 Å². The Balaban J connectivity index is 2.49. The molecule has 0 saturated heterocycles. The second-order valence-electron chi connectivity index (χ2n) is 4.71. The molecule has 21 heavy (non-hydrogen) atoms. The van der Waals surface area contributed by atoms with Crippen LogP contribution in [-0.2, 0) is 16.1 Å². The zero-order valence-electron chi connectivity index (χ0n) is 12.1. The fourth-order valence-corrected chi connectivity index (χ4v) is 2.33. The second-order valence-corrected chi connectivity index (χ2v) is 4.71. The second kappa shape index (κ2) is 7.02. The van der Waals surface area contributed by atoms with E-state index in [2.05, 4.69) is 0 Å². The molecule has 4 heteroatoms. The quantitative estimate of drug-likeness (QED) is 0.652. The summed E-state index contributed by atoms with van der Waals surface area (Å²) in [6, 6.07) is 12.9. The van der Waals surface area contributed by atoms with Crippen molar-refractivity contribution in [2.24, 2.45) is 0 Å². The molecule has 1 N–H and O–H groups in total. The van der Waals surface area contributed by atoms with Gasteiger partial charge in [-0.1, -0.05) is 36.4 Å². The summed E-state index contributed by atoms with van der Waals surface area (Å²) in [5.41, 5.74) is 3.78. The molecule has 0 aliphatic heterocycles. The maximum atomic E-state index is 11.5. The number of methoxy groups -OCH3 is 1. The summed E-state index contributed by atoms with van der Waals surface area (Å²) in [4.78, 5) is 11.5. The van der Waals surface area contributed by atoms with Crippen molar-refractivity contribution in [1.82, 2.24) is 0 Å². The van der Waals surface area contributed by atoms with E-state index in [0.717, 1.165) is 22.3 Å². The predicted molar refractivity (Wildman–Crippen MR) is 80.2 cm³/mol. The van der Waals surface area contributed by atoms with E-state index in [9.17, 15) is 9.90 Å². The van der Waals surface area contributed by atoms with E-state index in [4.69, 9.17) is 9.47 Å². The van der Waals surface area contributed by atoms with Crippen LogP contribution in [0.4, 0.5) is 0 Å². The minimum atomic E-state index is -0.929. The first kappa shape index (κ1) is 15.2. The summed E-state index contributed by atoms with van der Waals surface area (Å²) in [5.74, 6) is -0.929. The largest absolute Gasteiger partial charge is 0.478 e. The van der Waals surface area contributed by atoms with Gasteiger partial charge in [0, 0.05) is 7.11 Å². The highest BCUT2D eigenvalue weighted by molar-refractivity contribution is 5.97. The number of carbonyl (C=O) groups is 1. The lowest BCUT2D eigenvalue weighted by atomic mass is 9.92. The molecular weight excluding hydrogens is 268 g/mol. The molecule has 0 aliphatic rings. The first-order chi connectivity index (χ1) is 10.1. The number of carboxylic acid groups (broad SMARTS) is 1. The third kappa shape index (κ3) is 3.48. The van der Waals surface area contributed by atoms with Crippen molar-refractivity contribution in [2.45, 2.75) is 13.5 Å². The molecule has 0 aromatic heterocycles. The van der Waals surface area contributed by atoms with Gasteiger partial charge in [-0.3, -0.25) is 0 Å². The van der Waals surface area contributed by atoms with Crippen molar-refractivity contribution in [3.63, 3.8) is 0 Å². The molecule has 0 radical (unpaired) electrons. The van der Waals surface area contributed by atoms with Crippen molar-refractivity contribution in [3.8, 4) is 11.1 Å². The molecular formula is C17H18O4. The number of aromatic carboxylic acids is 1. The van der Waals surface area contributed by atoms with Crippen molar-refractivity contribution in [1.29, 1.82) is 0 Å². The lowest BCUT2D eigenvalue weighted by Gasteiger charge is -2.14. The topological polar surface area (TPSA) is 55.8 Å². The van der Waals surface area contributed by atoms with Crippen molar-refractivity contribution < 1.29 is 19.4 Å². The summed E-state index contributed by atoms with van der Waals surface area (Å²) >= 11 is 0. The van der Waals surface area contributed by atoms with Crippen LogP contribution in [0.2, 0.25) is 0 Å². The van der Waals surface area contributed by atoms with E-state index in [1.807, 2.05) is 37.3 Å². The average molecular weight is 286 g/mol. The van der Waals surface area contributed by atoms with Crippen LogP contribution in [0.3, 0.4) is 0 Å². The lowest BCUT2D eigenvalue weighted by molar-refractivity contribution is -0.0389. The molecule has 0 bridgehead atoms. The predicted octanol–water partition coefficient (Wildman–Crippen LogP) is 3.48. The first-order valence-electron chi connectivity index (χ1n) is 6.63. The Morgan fingerprint density at radius 1 is 1.14 bits per heavy atom. The van der Waals surface area contributed by atoms with Crippen molar-refractivity contribution in [2.75, 3.05) is 13.9 Å². The van der Waals surface area contributed by atoms with Gasteiger partial charge in [0.1, 0.15) is 6.79 Å². The Bertz CT molecular complexity index is 634. The summed E-state index contributed by atoms with van der Waals surface area (Å²) in [6.45, 7) is 2.49. The third-order valence-corrected chi connectivity index (χ3v) is 3.25. The van der Waals surface area contributed by atoms with Gasteiger partial charge in [0.25, 0.3) is 0 Å². The highest BCUT2D eigenvalue weighted by Crippen LogP contribution is 2.30. The van der Waals surface area contributed by atoms with Gasteiger partial charge in [-0.05, 0) is 35.2 Å². The number of aryl methyl sites for hydroxylation is 1. The van der Waals surface area contributed by atoms with E-state index in [1.165, 1.54) is 0 Å². The summed E-state index contributed by atoms with van der Waals surface area (Å²) in [6.07, 6.45) is 0. The molecule has 0 heterocycles. The molecule has 4 nitrogen and oxygen atoms in total. The van der Waals surface area contributed by atoms with Gasteiger partial charge in [0.15, 0.2) is 0 Å². The van der Waals surface area contributed by atoms with Crippen LogP contribution in [0.25, 0.3) is 11.1 Å². The summed E-state index contributed by atoms with van der Waals surface area (Å²) < 4.78 is 10.3. The van der Waals surface area contributed by atoms with Crippen LogP contribution >= 0.6 is 0 Å². The summed E-state index contributed by atoms with van der Waals surface area (Å²) in [7, 11) is 1.57. The molecule has 0 spiro atoms. The van der Waals surface area contributed by atoms with E-state index in [0.29, 0.717) is 12.2 Å². The first-order valence-corrected chi connectivity index (χ1v) is 6.63. The van der Waals surface area contributed by atoms with E-state index < -0.39 is 5.97 Å². The lowest BCUT2D eigenvalue weighted by Crippen LogP contribution is -2.04. The van der Waals surface area contributed by atoms with Crippen LogP contribution in [0.15, 0.2) is 42.5 Å². The van der Waals surface area contributed by atoms with Crippen LogP contribution in [0.5, 0.6) is 0 Å². The molecule has 2 aromatic carbocycles. The number of benzene rings is 2. The molecule has 110 valence electrons. The number of carboxylic acids is 1. The molecule has 0 saturated carbocycles. The normalized spacial score (nSPS) is 10.6. The van der Waals surface area contributed by atoms with Crippen LogP contribution < -0.4 is 0 Å². The molecule has 0 amide bonds. The molecule has 0 fully saturated rings. The third-order valence-electron chi connectivity index (χ3n) is 3.25. The highest BCUT2D eigenvalue weighted by atomic mass is 16.7. The van der Waals surface area contributed by atoms with Gasteiger partial charge in [-0.2, -0.15) is 0 Å². The Morgan fingerprint density at radius 2 is 1.90 bits per heavy atom. The fourth-order valence-electron chi connectivity index (χ4n) is 2.33. The Kier molecular flexibility index (Phi) is 5.09. The van der Waals surface area contributed by atoms with Crippen molar-refractivity contribution >= 4 is 5.97 Å². The molecule has 2 aromatic rings. The maximum absolute atomic E-state index is 11.5. The minimum absolute atomic E-state index is 0.202. The zero-order chi connectivity index (χ0) is 15.2. The van der Waals surface area contributed by atoms with Gasteiger partial charge in [-0.25, -0.2) is 4.79 Å². The number of ether oxygens (including phenoxy) is 2. The molecule has 0 atom stereocenters. The molecule has 0 aliphatic carbocycles. The fraction of sp³-hybridized carbons (Fsp3) is 0.235. The highest BCUT2D eigenvalue weighted by Gasteiger charge is 2.16. The maximum Gasteiger partial charge on any atom is 0.336 e. The number of hydrogen-bond donors (Lipinski definition) is 1. The summed E-state index contributed by atoms with van der Waals surface area (Å²) in [5, 5.41) is 9.41. The molecule has 2 rings (SSSR count). The van der Waals surface area contributed by atoms with Gasteiger partial charge < -0.3 is 14.6 Å². The van der Waals surface area contributed by atoms with Crippen LogP contribution in [0.1, 0.15) is 21.5 Å². The SMILES string of the molecule is COCOCc1ccccc1-c1c(C)cccc1C(=O)O. The number of rotatable bonds is 6. The van der Waals surface area contributed by atoms with E-state index in [-0.39, 0.29) is 6.79 Å². The van der Waals surface area contributed by atoms with E-state index >= 15 is 0 Å². The Labute approximate surface area is 123 Å². The Morgan fingerprint density at radius 3 is 2.62 bits per heavy atom. The Hall–Kier alpha value is -2.17. The standard InChI is InChI=1S/C17H18O4/c1-12-6-5-9-15(17(18)19)16(12)14-8-4-3-7-13(14)10-21-11-20-2/h3-9H,10-11H2,1-2H3,(H,18,19). The number of hydrogen-bond acceptors (Lipinski definition) is 3. The van der Waals surface area contributed by atoms with Crippen LogP contribution in [0, 0.1) is 6.92 Å². The van der Waals surface area contributed by atoms with E-state index in [1.54, 1.807) is 19.2 Å². The minimum Gasteiger partial charge on any atom is -0.478 e. The zero-order valence-corrected chi connectivity index (χ0v) is 12.1. The van der Waals surface area contributed by atoms with Gasteiger partial charge in [0.05, 0.1) is 12.2 Å². The van der Waals surface area contributed by atoms with Gasteiger partial charge in [-0.15, -0.1) is 0 Å². The monoisotopic (exact) mass is 286 g/mol.